The number of fused-ring (bicyclic) bond motifs is 1. The van der Waals surface area contributed by atoms with Crippen molar-refractivity contribution < 1.29 is 40.3 Å². The molecule has 0 radical (unpaired) electrons. The van der Waals surface area contributed by atoms with Crippen LogP contribution in [0.25, 0.3) is 11.0 Å². The Balaban J connectivity index is 0.000000785. The van der Waals surface area contributed by atoms with Crippen molar-refractivity contribution in [3.05, 3.63) is 41.5 Å². The van der Waals surface area contributed by atoms with Gasteiger partial charge in [-0.25, -0.2) is 28.4 Å². The minimum absolute atomic E-state index is 0.0334. The number of nitrogens with two attached hydrogens (primary N) is 2. The van der Waals surface area contributed by atoms with Gasteiger partial charge < -0.3 is 26.4 Å². The van der Waals surface area contributed by atoms with Gasteiger partial charge in [-0.05, 0) is 37.5 Å². The molecule has 244 valence electrons. The molecule has 2 amide bonds. The molecule has 1 fully saturated rings. The summed E-state index contributed by atoms with van der Waals surface area (Å²) in [5, 5.41) is 5.53. The molecule has 1 aliphatic carbocycles. The van der Waals surface area contributed by atoms with Gasteiger partial charge in [-0.1, -0.05) is 26.3 Å². The van der Waals surface area contributed by atoms with Crippen LogP contribution in [0, 0.1) is 0 Å². The number of rotatable bonds is 10. The molecule has 1 heterocycles. The number of nitrogens with one attached hydrogen (secondary N) is 3. The lowest BCUT2D eigenvalue weighted by molar-refractivity contribution is -0.144. The fraction of sp³-hybridized carbons (Fsp3) is 0.593. The molecule has 1 atom stereocenters. The molecular weight excluding hydrogens is 587 g/mol. The Morgan fingerprint density at radius 1 is 1.12 bits per heavy atom. The van der Waals surface area contributed by atoms with Crippen molar-refractivity contribution in [3.63, 3.8) is 0 Å². The Hall–Kier alpha value is -3.56. The van der Waals surface area contributed by atoms with Gasteiger partial charge in [-0.3, -0.25) is 9.59 Å². The van der Waals surface area contributed by atoms with Gasteiger partial charge in [-0.15, -0.1) is 0 Å². The molecule has 1 saturated carbocycles. The summed E-state index contributed by atoms with van der Waals surface area (Å²) in [5.74, 6) is 2.01. The van der Waals surface area contributed by atoms with Crippen molar-refractivity contribution in [2.75, 3.05) is 0 Å². The summed E-state index contributed by atoms with van der Waals surface area (Å²) < 4.78 is 86.2. The number of aromatic nitrogens is 2. The number of halogens is 7. The standard InChI is InChI=1S/C19H24F5N7O2.C6H10F2.C2H6/c1-10(17(20)21)31(26)9-12(25)18(33)28-8-15-29-13-3-2-11(6-14(13)30-15)7-27-16(32)4-5-19(22,23)24;7-6(8)4-2-1-3-5-6;1-2/h2-3,6,9-10,17H,4-5,7-8,25-26H2,1H3,(H,27,32)(H,28,33)(H,29,30);1-5H2;1-2H3/b12-9-;;. The molecule has 0 saturated heterocycles. The zero-order valence-corrected chi connectivity index (χ0v) is 24.3. The number of imidazole rings is 1. The van der Waals surface area contributed by atoms with Gasteiger partial charge >= 0.3 is 6.18 Å². The van der Waals surface area contributed by atoms with Crippen molar-refractivity contribution in [2.24, 2.45) is 11.6 Å². The van der Waals surface area contributed by atoms with Crippen LogP contribution in [0.5, 0.6) is 0 Å². The van der Waals surface area contributed by atoms with Crippen LogP contribution in [-0.2, 0) is 22.7 Å². The fourth-order valence-corrected chi connectivity index (χ4v) is 3.65. The van der Waals surface area contributed by atoms with E-state index in [1.54, 1.807) is 18.2 Å². The average molecular weight is 628 g/mol. The molecular formula is C27H40F7N7O2. The number of alkyl halides is 7. The maximum absolute atomic E-state index is 12.6. The molecule has 2 aromatic rings. The monoisotopic (exact) mass is 627 g/mol. The van der Waals surface area contributed by atoms with Crippen molar-refractivity contribution in [1.29, 1.82) is 0 Å². The molecule has 0 aliphatic heterocycles. The number of benzene rings is 1. The predicted octanol–water partition coefficient (Wildman–Crippen LogP) is 5.38. The van der Waals surface area contributed by atoms with Crippen LogP contribution in [0.1, 0.15) is 77.1 Å². The van der Waals surface area contributed by atoms with Gasteiger partial charge in [-0.2, -0.15) is 13.2 Å². The van der Waals surface area contributed by atoms with Crippen LogP contribution < -0.4 is 22.2 Å². The molecule has 1 aromatic carbocycles. The van der Waals surface area contributed by atoms with Gasteiger partial charge in [0.2, 0.25) is 11.8 Å². The highest BCUT2D eigenvalue weighted by atomic mass is 19.4. The van der Waals surface area contributed by atoms with Crippen molar-refractivity contribution in [2.45, 2.75) is 103 Å². The first-order valence-electron chi connectivity index (χ1n) is 13.8. The highest BCUT2D eigenvalue weighted by molar-refractivity contribution is 5.92. The second kappa shape index (κ2) is 17.5. The van der Waals surface area contributed by atoms with E-state index in [1.807, 2.05) is 13.8 Å². The van der Waals surface area contributed by atoms with Gasteiger partial charge in [0.15, 0.2) is 0 Å². The first-order valence-corrected chi connectivity index (χ1v) is 13.8. The minimum Gasteiger partial charge on any atom is -0.393 e. The van der Waals surface area contributed by atoms with Crippen LogP contribution in [0.15, 0.2) is 30.1 Å². The van der Waals surface area contributed by atoms with E-state index >= 15 is 0 Å². The topological polar surface area (TPSA) is 142 Å². The first kappa shape index (κ1) is 37.5. The lowest BCUT2D eigenvalue weighted by Crippen LogP contribution is -2.41. The number of hydrogen-bond donors (Lipinski definition) is 5. The molecule has 1 aromatic heterocycles. The van der Waals surface area contributed by atoms with E-state index in [1.165, 1.54) is 6.92 Å². The normalized spacial score (nSPS) is 15.5. The Kier molecular flexibility index (Phi) is 15.3. The van der Waals surface area contributed by atoms with Crippen LogP contribution >= 0.6 is 0 Å². The first-order chi connectivity index (χ1) is 20.1. The Labute approximate surface area is 245 Å². The zero-order chi connectivity index (χ0) is 32.8. The summed E-state index contributed by atoms with van der Waals surface area (Å²) in [4.78, 5) is 30.8. The minimum atomic E-state index is -4.40. The third-order valence-corrected chi connectivity index (χ3v) is 6.11. The second-order valence-electron chi connectivity index (χ2n) is 9.63. The van der Waals surface area contributed by atoms with Gasteiger partial charge in [0.1, 0.15) is 17.6 Å². The number of nitrogens with zero attached hydrogens (tertiary/aromatic N) is 2. The number of H-pyrrole nitrogens is 1. The van der Waals surface area contributed by atoms with Crippen LogP contribution in [-0.4, -0.2) is 51.4 Å². The van der Waals surface area contributed by atoms with E-state index in [4.69, 9.17) is 11.6 Å². The molecule has 1 aliphatic rings. The van der Waals surface area contributed by atoms with Gasteiger partial charge in [0, 0.05) is 32.0 Å². The number of carbonyl (C=O) groups is 2. The quantitative estimate of drug-likeness (QED) is 0.104. The van der Waals surface area contributed by atoms with Gasteiger partial charge in [0.25, 0.3) is 12.3 Å². The number of amides is 2. The molecule has 0 bridgehead atoms. The predicted molar refractivity (Wildman–Crippen MR) is 148 cm³/mol. The number of hydrazine groups is 1. The van der Waals surface area contributed by atoms with Crippen LogP contribution in [0.3, 0.4) is 0 Å². The summed E-state index contributed by atoms with van der Waals surface area (Å²) in [6.07, 6.45) is -5.40. The largest absolute Gasteiger partial charge is 0.393 e. The molecule has 1 unspecified atom stereocenters. The summed E-state index contributed by atoms with van der Waals surface area (Å²) >= 11 is 0. The Bertz CT molecular complexity index is 1180. The summed E-state index contributed by atoms with van der Waals surface area (Å²) in [5.41, 5.74) is 6.96. The summed E-state index contributed by atoms with van der Waals surface area (Å²) in [6, 6.07) is 3.61. The molecule has 43 heavy (non-hydrogen) atoms. The number of hydrogen-bond acceptors (Lipinski definition) is 6. The highest BCUT2D eigenvalue weighted by Crippen LogP contribution is 2.32. The SMILES string of the molecule is CC.CC(C(F)F)N(N)/C=C(\N)C(=O)NCc1nc2ccc(CNC(=O)CCC(F)(F)F)cc2[nH]1.FC1(F)CCCCC1. The lowest BCUT2D eigenvalue weighted by atomic mass is 9.97. The third kappa shape index (κ3) is 14.4. The number of aromatic amines is 1. The third-order valence-electron chi connectivity index (χ3n) is 6.11. The number of carbonyl (C=O) groups excluding carboxylic acids is 2. The van der Waals surface area contributed by atoms with E-state index in [-0.39, 0.29) is 31.6 Å². The van der Waals surface area contributed by atoms with E-state index in [9.17, 15) is 40.3 Å². The Morgan fingerprint density at radius 2 is 1.74 bits per heavy atom. The summed E-state index contributed by atoms with van der Waals surface area (Å²) in [6.45, 7) is 5.15. The highest BCUT2D eigenvalue weighted by Gasteiger charge is 2.30. The molecule has 3 rings (SSSR count). The van der Waals surface area contributed by atoms with E-state index in [0.29, 0.717) is 40.3 Å². The summed E-state index contributed by atoms with van der Waals surface area (Å²) in [7, 11) is 0. The lowest BCUT2D eigenvalue weighted by Gasteiger charge is -2.21. The Morgan fingerprint density at radius 3 is 2.28 bits per heavy atom. The molecule has 7 N–H and O–H groups in total. The average Bonchev–Trinajstić information content (AvgIpc) is 3.36. The second-order valence-corrected chi connectivity index (χ2v) is 9.63. The van der Waals surface area contributed by atoms with Crippen molar-refractivity contribution >= 4 is 22.8 Å². The molecule has 9 nitrogen and oxygen atoms in total. The van der Waals surface area contributed by atoms with Crippen LogP contribution in [0.2, 0.25) is 0 Å². The molecule has 16 heteroatoms. The van der Waals surface area contributed by atoms with Crippen LogP contribution in [0.4, 0.5) is 30.7 Å². The maximum atomic E-state index is 12.6. The fourth-order valence-electron chi connectivity index (χ4n) is 3.65. The zero-order valence-electron chi connectivity index (χ0n) is 24.3. The maximum Gasteiger partial charge on any atom is 0.389 e. The van der Waals surface area contributed by atoms with Gasteiger partial charge in [0.05, 0.1) is 24.0 Å². The molecule has 0 spiro atoms. The smallest absolute Gasteiger partial charge is 0.389 e. The van der Waals surface area contributed by atoms with E-state index < -0.39 is 49.2 Å². The van der Waals surface area contributed by atoms with Crippen molar-refractivity contribution in [1.82, 2.24) is 25.6 Å². The van der Waals surface area contributed by atoms with E-state index in [2.05, 4.69) is 20.6 Å². The van der Waals surface area contributed by atoms with E-state index in [0.717, 1.165) is 12.6 Å². The van der Waals surface area contributed by atoms with Crippen molar-refractivity contribution in [3.8, 4) is 0 Å².